The van der Waals surface area contributed by atoms with Crippen LogP contribution in [0.2, 0.25) is 0 Å². The van der Waals surface area contributed by atoms with Crippen LogP contribution in [-0.2, 0) is 16.1 Å². The normalized spacial score (nSPS) is 19.2. The highest BCUT2D eigenvalue weighted by Gasteiger charge is 2.38. The lowest BCUT2D eigenvalue weighted by Gasteiger charge is -2.22. The topological polar surface area (TPSA) is 67.9 Å². The van der Waals surface area contributed by atoms with Gasteiger partial charge in [0, 0.05) is 19.1 Å². The molecule has 6 nitrogen and oxygen atoms in total. The Labute approximate surface area is 165 Å². The number of rotatable bonds is 6. The molecule has 1 amide bonds. The number of esters is 1. The van der Waals surface area contributed by atoms with Crippen LogP contribution in [0.4, 0.5) is 0 Å². The molecule has 2 aromatic rings. The van der Waals surface area contributed by atoms with E-state index in [2.05, 4.69) is 16.3 Å². The summed E-state index contributed by atoms with van der Waals surface area (Å²) in [4.78, 5) is 27.1. The molecular formula is C22H26N2O4. The first-order chi connectivity index (χ1) is 13.5. The average Bonchev–Trinajstić information content (AvgIpc) is 3.09. The Morgan fingerprint density at radius 2 is 1.93 bits per heavy atom. The fraction of sp³-hybridized carbons (Fsp3) is 0.364. The van der Waals surface area contributed by atoms with Gasteiger partial charge in [-0.1, -0.05) is 42.0 Å². The van der Waals surface area contributed by atoms with Crippen LogP contribution in [0.5, 0.6) is 5.75 Å². The molecule has 0 aliphatic carbocycles. The number of carbonyl (C=O) groups is 2. The molecule has 0 unspecified atom stereocenters. The molecule has 0 radical (unpaired) electrons. The zero-order valence-corrected chi connectivity index (χ0v) is 16.5. The summed E-state index contributed by atoms with van der Waals surface area (Å²) in [5, 5.41) is 3.04. The monoisotopic (exact) mass is 382 g/mol. The summed E-state index contributed by atoms with van der Waals surface area (Å²) in [5.41, 5.74) is 2.79. The van der Waals surface area contributed by atoms with Crippen LogP contribution in [0.1, 0.15) is 27.9 Å². The third-order valence-electron chi connectivity index (χ3n) is 5.03. The third-order valence-corrected chi connectivity index (χ3v) is 5.03. The largest absolute Gasteiger partial charge is 0.496 e. The van der Waals surface area contributed by atoms with Gasteiger partial charge in [-0.05, 0) is 31.0 Å². The van der Waals surface area contributed by atoms with Crippen molar-refractivity contribution in [2.24, 2.45) is 0 Å². The molecule has 1 saturated heterocycles. The van der Waals surface area contributed by atoms with Crippen LogP contribution in [0.25, 0.3) is 0 Å². The van der Waals surface area contributed by atoms with E-state index in [1.807, 2.05) is 31.2 Å². The molecule has 0 spiro atoms. The number of amides is 1. The van der Waals surface area contributed by atoms with Gasteiger partial charge in [0.2, 0.25) is 0 Å². The van der Waals surface area contributed by atoms with Crippen LogP contribution < -0.4 is 10.1 Å². The second-order valence-corrected chi connectivity index (χ2v) is 7.06. The summed E-state index contributed by atoms with van der Waals surface area (Å²) in [6.07, 6.45) is 0.513. The second-order valence-electron chi connectivity index (χ2n) is 7.06. The van der Waals surface area contributed by atoms with Crippen LogP contribution in [-0.4, -0.2) is 49.6 Å². The van der Waals surface area contributed by atoms with Gasteiger partial charge in [0.15, 0.2) is 0 Å². The van der Waals surface area contributed by atoms with E-state index in [9.17, 15) is 9.59 Å². The Morgan fingerprint density at radius 1 is 1.14 bits per heavy atom. The van der Waals surface area contributed by atoms with Crippen molar-refractivity contribution in [2.45, 2.75) is 32.0 Å². The Bertz CT molecular complexity index is 852. The van der Waals surface area contributed by atoms with Crippen molar-refractivity contribution < 1.29 is 19.1 Å². The number of para-hydroxylation sites is 1. The quantitative estimate of drug-likeness (QED) is 0.778. The van der Waals surface area contributed by atoms with Crippen molar-refractivity contribution in [3.8, 4) is 5.75 Å². The standard InChI is InChI=1S/C22H26N2O4/c1-15-7-6-8-16(11-15)13-24-14-17(12-19(24)22(26)28-3)23-21(25)18-9-4-5-10-20(18)27-2/h4-11,17,19H,12-14H2,1-3H3,(H,23,25)/t17-,19+/m1/s1. The van der Waals surface area contributed by atoms with Crippen molar-refractivity contribution in [2.75, 3.05) is 20.8 Å². The summed E-state index contributed by atoms with van der Waals surface area (Å²) < 4.78 is 10.3. The summed E-state index contributed by atoms with van der Waals surface area (Å²) in [6, 6.07) is 14.8. The van der Waals surface area contributed by atoms with E-state index in [1.54, 1.807) is 25.3 Å². The number of hydrogen-bond donors (Lipinski definition) is 1. The minimum Gasteiger partial charge on any atom is -0.496 e. The third kappa shape index (κ3) is 4.51. The van der Waals surface area contributed by atoms with Gasteiger partial charge in [-0.15, -0.1) is 0 Å². The van der Waals surface area contributed by atoms with E-state index in [0.29, 0.717) is 30.8 Å². The van der Waals surface area contributed by atoms with Gasteiger partial charge >= 0.3 is 5.97 Å². The van der Waals surface area contributed by atoms with Gasteiger partial charge in [0.25, 0.3) is 5.91 Å². The highest BCUT2D eigenvalue weighted by molar-refractivity contribution is 5.97. The van der Waals surface area contributed by atoms with Crippen molar-refractivity contribution in [3.63, 3.8) is 0 Å². The highest BCUT2D eigenvalue weighted by atomic mass is 16.5. The molecule has 3 rings (SSSR count). The molecule has 6 heteroatoms. The summed E-state index contributed by atoms with van der Waals surface area (Å²) in [5.74, 6) is 0.0456. The molecule has 1 fully saturated rings. The van der Waals surface area contributed by atoms with Crippen molar-refractivity contribution in [1.82, 2.24) is 10.2 Å². The first-order valence-corrected chi connectivity index (χ1v) is 9.33. The molecule has 0 saturated carbocycles. The maximum Gasteiger partial charge on any atom is 0.323 e. The highest BCUT2D eigenvalue weighted by Crippen LogP contribution is 2.24. The van der Waals surface area contributed by atoms with Gasteiger partial charge in [-0.25, -0.2) is 0 Å². The number of carbonyl (C=O) groups excluding carboxylic acids is 2. The lowest BCUT2D eigenvalue weighted by atomic mass is 10.1. The van der Waals surface area contributed by atoms with E-state index in [1.165, 1.54) is 12.7 Å². The van der Waals surface area contributed by atoms with E-state index >= 15 is 0 Å². The Morgan fingerprint density at radius 3 is 2.64 bits per heavy atom. The van der Waals surface area contributed by atoms with Gasteiger partial charge in [-0.2, -0.15) is 0 Å². The number of methoxy groups -OCH3 is 2. The summed E-state index contributed by atoms with van der Waals surface area (Å²) >= 11 is 0. The van der Waals surface area contributed by atoms with Crippen molar-refractivity contribution >= 4 is 11.9 Å². The van der Waals surface area contributed by atoms with E-state index < -0.39 is 0 Å². The van der Waals surface area contributed by atoms with Crippen molar-refractivity contribution in [1.29, 1.82) is 0 Å². The van der Waals surface area contributed by atoms with Crippen LogP contribution in [0, 0.1) is 6.92 Å². The second kappa shape index (κ2) is 8.89. The zero-order valence-electron chi connectivity index (χ0n) is 16.5. The van der Waals surface area contributed by atoms with Gasteiger partial charge in [-0.3, -0.25) is 14.5 Å². The maximum atomic E-state index is 12.7. The molecule has 2 atom stereocenters. The molecule has 28 heavy (non-hydrogen) atoms. The SMILES string of the molecule is COC(=O)[C@@H]1C[C@@H](NC(=O)c2ccccc2OC)CN1Cc1cccc(C)c1. The zero-order chi connectivity index (χ0) is 20.1. The van der Waals surface area contributed by atoms with Gasteiger partial charge < -0.3 is 14.8 Å². The van der Waals surface area contributed by atoms with Gasteiger partial charge in [0.1, 0.15) is 11.8 Å². The minimum absolute atomic E-state index is 0.147. The molecule has 1 aliphatic rings. The summed E-state index contributed by atoms with van der Waals surface area (Å²) in [7, 11) is 2.94. The summed E-state index contributed by atoms with van der Waals surface area (Å²) in [6.45, 7) is 3.25. The first kappa shape index (κ1) is 19.9. The lowest BCUT2D eigenvalue weighted by molar-refractivity contribution is -0.146. The fourth-order valence-electron chi connectivity index (χ4n) is 3.70. The van der Waals surface area contributed by atoms with Crippen molar-refractivity contribution in [3.05, 3.63) is 65.2 Å². The Hall–Kier alpha value is -2.86. The van der Waals surface area contributed by atoms with E-state index in [-0.39, 0.29) is 24.0 Å². The predicted octanol–water partition coefficient (Wildman–Crippen LogP) is 2.55. The van der Waals surface area contributed by atoms with E-state index in [4.69, 9.17) is 9.47 Å². The minimum atomic E-state index is -0.381. The molecular weight excluding hydrogens is 356 g/mol. The van der Waals surface area contributed by atoms with Crippen LogP contribution >= 0.6 is 0 Å². The number of ether oxygens (including phenoxy) is 2. The Balaban J connectivity index is 1.72. The Kier molecular flexibility index (Phi) is 6.31. The molecule has 0 bridgehead atoms. The number of likely N-dealkylation sites (tertiary alicyclic amines) is 1. The fourth-order valence-corrected chi connectivity index (χ4v) is 3.70. The molecule has 0 aromatic heterocycles. The molecule has 1 N–H and O–H groups in total. The number of benzene rings is 2. The smallest absolute Gasteiger partial charge is 0.323 e. The number of aryl methyl sites for hydroxylation is 1. The molecule has 1 aliphatic heterocycles. The van der Waals surface area contributed by atoms with Crippen LogP contribution in [0.3, 0.4) is 0 Å². The van der Waals surface area contributed by atoms with Gasteiger partial charge in [0.05, 0.1) is 19.8 Å². The van der Waals surface area contributed by atoms with E-state index in [0.717, 1.165) is 5.56 Å². The number of hydrogen-bond acceptors (Lipinski definition) is 5. The lowest BCUT2D eigenvalue weighted by Crippen LogP contribution is -2.37. The number of nitrogens with zero attached hydrogens (tertiary/aromatic N) is 1. The molecule has 2 aromatic carbocycles. The number of nitrogens with one attached hydrogen (secondary N) is 1. The maximum absolute atomic E-state index is 12.7. The molecule has 148 valence electrons. The van der Waals surface area contributed by atoms with Crippen LogP contribution in [0.15, 0.2) is 48.5 Å². The first-order valence-electron chi connectivity index (χ1n) is 9.33. The average molecular weight is 382 g/mol. The predicted molar refractivity (Wildman–Crippen MR) is 106 cm³/mol. The molecule has 1 heterocycles.